The zero-order chi connectivity index (χ0) is 24.8. The second kappa shape index (κ2) is 8.26. The van der Waals surface area contributed by atoms with Gasteiger partial charge in [-0.15, -0.1) is 10.2 Å². The van der Waals surface area contributed by atoms with Gasteiger partial charge in [-0.1, -0.05) is 54.6 Å². The van der Waals surface area contributed by atoms with Crippen LogP contribution in [-0.2, 0) is 12.4 Å². The molecular formula is C26H14F6N2O. The molecule has 176 valence electrons. The molecule has 0 unspecified atom stereocenters. The lowest BCUT2D eigenvalue weighted by Gasteiger charge is -2.17. The number of hydrogen-bond acceptors (Lipinski definition) is 3. The minimum Gasteiger partial charge on any atom is -0.436 e. The van der Waals surface area contributed by atoms with E-state index < -0.39 is 29.2 Å². The number of alkyl halides is 6. The van der Waals surface area contributed by atoms with Gasteiger partial charge < -0.3 is 4.74 Å². The Morgan fingerprint density at radius 1 is 0.600 bits per heavy atom. The van der Waals surface area contributed by atoms with Gasteiger partial charge in [-0.25, -0.2) is 0 Å². The smallest absolute Gasteiger partial charge is 0.419 e. The van der Waals surface area contributed by atoms with Crippen molar-refractivity contribution in [2.75, 3.05) is 0 Å². The van der Waals surface area contributed by atoms with Gasteiger partial charge in [0.15, 0.2) is 0 Å². The third-order valence-corrected chi connectivity index (χ3v) is 5.48. The van der Waals surface area contributed by atoms with E-state index in [9.17, 15) is 26.3 Å². The maximum atomic E-state index is 13.6. The normalized spacial score (nSPS) is 12.3. The molecule has 0 saturated heterocycles. The highest BCUT2D eigenvalue weighted by Gasteiger charge is 2.38. The second-order valence-corrected chi connectivity index (χ2v) is 7.77. The lowest BCUT2D eigenvalue weighted by atomic mass is 10.0. The number of fused-ring (bicyclic) bond motifs is 2. The minimum absolute atomic E-state index is 0.308. The van der Waals surface area contributed by atoms with Crippen molar-refractivity contribution in [1.29, 1.82) is 0 Å². The van der Waals surface area contributed by atoms with Gasteiger partial charge in [0.25, 0.3) is 0 Å². The van der Waals surface area contributed by atoms with E-state index in [4.69, 9.17) is 4.74 Å². The molecule has 0 amide bonds. The van der Waals surface area contributed by atoms with E-state index in [1.165, 1.54) is 0 Å². The van der Waals surface area contributed by atoms with E-state index in [-0.39, 0.29) is 5.88 Å². The maximum absolute atomic E-state index is 13.6. The van der Waals surface area contributed by atoms with Gasteiger partial charge in [-0.05, 0) is 41.1 Å². The quantitative estimate of drug-likeness (QED) is 0.191. The maximum Gasteiger partial charge on any atom is 0.419 e. The fraction of sp³-hybridized carbons (Fsp3) is 0.0769. The van der Waals surface area contributed by atoms with Crippen LogP contribution in [-0.4, -0.2) is 10.2 Å². The van der Waals surface area contributed by atoms with Gasteiger partial charge >= 0.3 is 12.4 Å². The van der Waals surface area contributed by atoms with Crippen molar-refractivity contribution >= 4 is 21.5 Å². The third-order valence-electron chi connectivity index (χ3n) is 5.48. The Morgan fingerprint density at radius 2 is 1.23 bits per heavy atom. The van der Waals surface area contributed by atoms with Crippen LogP contribution < -0.4 is 4.74 Å². The molecule has 0 aliphatic heterocycles. The molecule has 4 aromatic carbocycles. The molecule has 0 atom stereocenters. The molecule has 0 aliphatic carbocycles. The molecule has 0 N–H and O–H groups in total. The summed E-state index contributed by atoms with van der Waals surface area (Å²) in [5.74, 6) is -1.35. The Hall–Kier alpha value is -4.14. The standard InChI is InChI=1S/C26H14F6N2O/c27-25(28,29)18-10-11-21(26(30,31)32)22(14-18)35-24-20-13-17-9-5-4-8-16(17)12-19(20)23(33-34-24)15-6-2-1-3-7-15/h1-14H. The van der Waals surface area contributed by atoms with Gasteiger partial charge in [0.2, 0.25) is 5.88 Å². The van der Waals surface area contributed by atoms with Crippen molar-refractivity contribution in [2.45, 2.75) is 12.4 Å². The van der Waals surface area contributed by atoms with Crippen LogP contribution in [0.3, 0.4) is 0 Å². The largest absolute Gasteiger partial charge is 0.436 e. The van der Waals surface area contributed by atoms with Crippen molar-refractivity contribution in [2.24, 2.45) is 0 Å². The molecule has 3 nitrogen and oxygen atoms in total. The first-order valence-electron chi connectivity index (χ1n) is 10.3. The molecular weight excluding hydrogens is 470 g/mol. The zero-order valence-electron chi connectivity index (χ0n) is 17.7. The van der Waals surface area contributed by atoms with Crippen molar-refractivity contribution < 1.29 is 31.1 Å². The summed E-state index contributed by atoms with van der Waals surface area (Å²) in [6, 6.07) is 20.8. The summed E-state index contributed by atoms with van der Waals surface area (Å²) in [7, 11) is 0. The van der Waals surface area contributed by atoms with Crippen LogP contribution in [0.1, 0.15) is 11.1 Å². The van der Waals surface area contributed by atoms with Crippen molar-refractivity contribution in [1.82, 2.24) is 10.2 Å². The van der Waals surface area contributed by atoms with Gasteiger partial charge in [0.05, 0.1) is 11.1 Å². The number of hydrogen-bond donors (Lipinski definition) is 0. The average Bonchev–Trinajstić information content (AvgIpc) is 2.82. The van der Waals surface area contributed by atoms with Crippen LogP contribution in [0, 0.1) is 0 Å². The summed E-state index contributed by atoms with van der Waals surface area (Å²) in [4.78, 5) is 0. The third kappa shape index (κ3) is 4.37. The Labute approximate surface area is 194 Å². The molecule has 0 radical (unpaired) electrons. The summed E-state index contributed by atoms with van der Waals surface area (Å²) in [5.41, 5.74) is -1.46. The van der Waals surface area contributed by atoms with Crippen molar-refractivity contribution in [3.63, 3.8) is 0 Å². The van der Waals surface area contributed by atoms with Gasteiger partial charge in [0, 0.05) is 16.3 Å². The molecule has 0 saturated carbocycles. The van der Waals surface area contributed by atoms with Crippen LogP contribution in [0.15, 0.2) is 84.9 Å². The van der Waals surface area contributed by atoms with E-state index in [1.807, 2.05) is 18.2 Å². The number of benzene rings is 4. The van der Waals surface area contributed by atoms with Crippen LogP contribution in [0.2, 0.25) is 0 Å². The second-order valence-electron chi connectivity index (χ2n) is 7.77. The van der Waals surface area contributed by atoms with Crippen molar-refractivity contribution in [3.05, 3.63) is 96.1 Å². The molecule has 5 aromatic rings. The van der Waals surface area contributed by atoms with E-state index in [0.717, 1.165) is 10.8 Å². The average molecular weight is 484 g/mol. The number of ether oxygens (including phenoxy) is 1. The van der Waals surface area contributed by atoms with E-state index in [1.54, 1.807) is 48.5 Å². The van der Waals surface area contributed by atoms with E-state index >= 15 is 0 Å². The van der Waals surface area contributed by atoms with Crippen LogP contribution in [0.4, 0.5) is 26.3 Å². The summed E-state index contributed by atoms with van der Waals surface area (Å²) in [6.07, 6.45) is -9.80. The molecule has 35 heavy (non-hydrogen) atoms. The highest BCUT2D eigenvalue weighted by molar-refractivity contribution is 6.05. The van der Waals surface area contributed by atoms with Crippen LogP contribution >= 0.6 is 0 Å². The fourth-order valence-corrected chi connectivity index (χ4v) is 3.82. The lowest BCUT2D eigenvalue weighted by molar-refractivity contribution is -0.142. The highest BCUT2D eigenvalue weighted by Crippen LogP contribution is 2.43. The van der Waals surface area contributed by atoms with Crippen LogP contribution in [0.5, 0.6) is 11.6 Å². The zero-order valence-corrected chi connectivity index (χ0v) is 17.7. The van der Waals surface area contributed by atoms with Gasteiger partial charge in [0.1, 0.15) is 11.4 Å². The molecule has 0 spiro atoms. The monoisotopic (exact) mass is 484 g/mol. The van der Waals surface area contributed by atoms with Crippen LogP contribution in [0.25, 0.3) is 32.8 Å². The summed E-state index contributed by atoms with van der Waals surface area (Å²) >= 11 is 0. The minimum atomic E-state index is -4.95. The first-order chi connectivity index (χ1) is 16.6. The van der Waals surface area contributed by atoms with Crippen molar-refractivity contribution in [3.8, 4) is 22.9 Å². The topological polar surface area (TPSA) is 35.0 Å². The first kappa shape index (κ1) is 22.6. The van der Waals surface area contributed by atoms with E-state index in [2.05, 4.69) is 10.2 Å². The predicted octanol–water partition coefficient (Wildman–Crippen LogP) is 8.28. The molecule has 1 aromatic heterocycles. The molecule has 5 rings (SSSR count). The number of aromatic nitrogens is 2. The highest BCUT2D eigenvalue weighted by atomic mass is 19.4. The summed E-state index contributed by atoms with van der Waals surface area (Å²) in [6.45, 7) is 0. The Balaban J connectivity index is 1.75. The molecule has 9 heteroatoms. The van der Waals surface area contributed by atoms with Gasteiger partial charge in [-0.3, -0.25) is 0 Å². The molecule has 0 fully saturated rings. The summed E-state index contributed by atoms with van der Waals surface area (Å²) < 4.78 is 85.9. The van der Waals surface area contributed by atoms with Gasteiger partial charge in [-0.2, -0.15) is 26.3 Å². The van der Waals surface area contributed by atoms with E-state index in [0.29, 0.717) is 40.2 Å². The predicted molar refractivity (Wildman–Crippen MR) is 119 cm³/mol. The number of halogens is 6. The molecule has 1 heterocycles. The first-order valence-corrected chi connectivity index (χ1v) is 10.3. The SMILES string of the molecule is FC(F)(F)c1ccc(C(F)(F)F)c(Oc2nnc(-c3ccccc3)c3cc4ccccc4cc23)c1. The molecule has 0 aliphatic rings. The Kier molecular flexibility index (Phi) is 5.35. The summed E-state index contributed by atoms with van der Waals surface area (Å²) in [5, 5.41) is 10.6. The number of rotatable bonds is 3. The Bertz CT molecular complexity index is 1550. The fourth-order valence-electron chi connectivity index (χ4n) is 3.82. The Morgan fingerprint density at radius 3 is 1.86 bits per heavy atom. The lowest BCUT2D eigenvalue weighted by Crippen LogP contribution is -2.11. The number of nitrogens with zero attached hydrogens (tertiary/aromatic N) is 2. The molecule has 0 bridgehead atoms.